The molecule has 1 atom stereocenters. The van der Waals surface area contributed by atoms with Gasteiger partial charge in [0, 0.05) is 25.9 Å². The van der Waals surface area contributed by atoms with Crippen molar-refractivity contribution in [2.75, 3.05) is 13.1 Å². The fraction of sp³-hybridized carbons (Fsp3) is 0.857. The van der Waals surface area contributed by atoms with Crippen LogP contribution in [0.2, 0.25) is 0 Å². The summed E-state index contributed by atoms with van der Waals surface area (Å²) in [7, 11) is 0. The van der Waals surface area contributed by atoms with Crippen molar-refractivity contribution in [2.45, 2.75) is 58.3 Å². The van der Waals surface area contributed by atoms with Crippen molar-refractivity contribution in [1.82, 2.24) is 4.90 Å². The normalized spacial score (nSPS) is 20.8. The number of aliphatic carboxylic acids is 1. The number of amides is 1. The third kappa shape index (κ3) is 5.52. The van der Waals surface area contributed by atoms with Gasteiger partial charge in [-0.25, -0.2) is 0 Å². The molecule has 4 nitrogen and oxygen atoms in total. The standard InChI is InChI=1S/C14H25NO3/c1-2-5-12-7-8-13(16)15(11-9-12)10-4-3-6-14(17)18/h12H,2-11H2,1H3,(H,17,18). The van der Waals surface area contributed by atoms with Crippen molar-refractivity contribution < 1.29 is 14.7 Å². The fourth-order valence-corrected chi connectivity index (χ4v) is 2.61. The first-order valence-corrected chi connectivity index (χ1v) is 7.13. The number of carbonyl (C=O) groups is 2. The topological polar surface area (TPSA) is 57.6 Å². The van der Waals surface area contributed by atoms with Crippen molar-refractivity contribution in [3.63, 3.8) is 0 Å². The second kappa shape index (κ2) is 8.11. The van der Waals surface area contributed by atoms with E-state index in [-0.39, 0.29) is 12.3 Å². The molecule has 1 aliphatic rings. The monoisotopic (exact) mass is 255 g/mol. The molecule has 1 fully saturated rings. The van der Waals surface area contributed by atoms with E-state index in [1.54, 1.807) is 0 Å². The molecule has 1 amide bonds. The third-order valence-electron chi connectivity index (χ3n) is 3.69. The summed E-state index contributed by atoms with van der Waals surface area (Å²) in [5.41, 5.74) is 0. The number of carbonyl (C=O) groups excluding carboxylic acids is 1. The second-order valence-electron chi connectivity index (χ2n) is 5.21. The van der Waals surface area contributed by atoms with Gasteiger partial charge in [0.15, 0.2) is 0 Å². The number of hydrogen-bond donors (Lipinski definition) is 1. The molecule has 0 radical (unpaired) electrons. The maximum absolute atomic E-state index is 11.9. The molecular formula is C14H25NO3. The van der Waals surface area contributed by atoms with Gasteiger partial charge in [0.1, 0.15) is 0 Å². The summed E-state index contributed by atoms with van der Waals surface area (Å²) >= 11 is 0. The summed E-state index contributed by atoms with van der Waals surface area (Å²) in [4.78, 5) is 24.2. The van der Waals surface area contributed by atoms with Gasteiger partial charge < -0.3 is 10.0 Å². The minimum atomic E-state index is -0.750. The Hall–Kier alpha value is -1.06. The maximum Gasteiger partial charge on any atom is 0.303 e. The lowest BCUT2D eigenvalue weighted by Crippen LogP contribution is -2.31. The van der Waals surface area contributed by atoms with Crippen molar-refractivity contribution in [1.29, 1.82) is 0 Å². The molecule has 1 saturated heterocycles. The largest absolute Gasteiger partial charge is 0.481 e. The minimum Gasteiger partial charge on any atom is -0.481 e. The zero-order valence-electron chi connectivity index (χ0n) is 11.4. The van der Waals surface area contributed by atoms with E-state index >= 15 is 0 Å². The lowest BCUT2D eigenvalue weighted by molar-refractivity contribution is -0.137. The summed E-state index contributed by atoms with van der Waals surface area (Å²) in [5, 5.41) is 8.56. The van der Waals surface area contributed by atoms with Crippen LogP contribution in [0.3, 0.4) is 0 Å². The van der Waals surface area contributed by atoms with Crippen LogP contribution in [0.4, 0.5) is 0 Å². The Bertz CT molecular complexity index is 278. The van der Waals surface area contributed by atoms with Crippen LogP contribution in [0, 0.1) is 5.92 Å². The Morgan fingerprint density at radius 3 is 2.83 bits per heavy atom. The van der Waals surface area contributed by atoms with E-state index < -0.39 is 5.97 Å². The highest BCUT2D eigenvalue weighted by Crippen LogP contribution is 2.22. The van der Waals surface area contributed by atoms with Crippen LogP contribution in [-0.4, -0.2) is 35.0 Å². The van der Waals surface area contributed by atoms with Gasteiger partial charge >= 0.3 is 5.97 Å². The van der Waals surface area contributed by atoms with Gasteiger partial charge in [0.25, 0.3) is 0 Å². The first-order chi connectivity index (χ1) is 8.63. The predicted octanol–water partition coefficient (Wildman–Crippen LogP) is 2.67. The smallest absolute Gasteiger partial charge is 0.303 e. The highest BCUT2D eigenvalue weighted by atomic mass is 16.4. The number of nitrogens with zero attached hydrogens (tertiary/aromatic N) is 1. The Kier molecular flexibility index (Phi) is 6.76. The molecule has 0 aliphatic carbocycles. The van der Waals surface area contributed by atoms with E-state index in [0.29, 0.717) is 18.8 Å². The summed E-state index contributed by atoms with van der Waals surface area (Å²) in [6.07, 6.45) is 6.90. The fourth-order valence-electron chi connectivity index (χ4n) is 2.61. The van der Waals surface area contributed by atoms with Gasteiger partial charge in [0.2, 0.25) is 5.91 Å². The van der Waals surface area contributed by atoms with Gasteiger partial charge in [0.05, 0.1) is 0 Å². The maximum atomic E-state index is 11.9. The first-order valence-electron chi connectivity index (χ1n) is 7.13. The summed E-state index contributed by atoms with van der Waals surface area (Å²) in [6, 6.07) is 0. The van der Waals surface area contributed by atoms with E-state index in [4.69, 9.17) is 5.11 Å². The van der Waals surface area contributed by atoms with E-state index in [1.165, 1.54) is 12.8 Å². The van der Waals surface area contributed by atoms with Gasteiger partial charge in [-0.05, 0) is 31.6 Å². The van der Waals surface area contributed by atoms with Crippen LogP contribution in [0.15, 0.2) is 0 Å². The summed E-state index contributed by atoms with van der Waals surface area (Å²) < 4.78 is 0. The van der Waals surface area contributed by atoms with Crippen LogP contribution in [0.5, 0.6) is 0 Å². The van der Waals surface area contributed by atoms with E-state index in [2.05, 4.69) is 6.92 Å². The van der Waals surface area contributed by atoms with Crippen molar-refractivity contribution >= 4 is 11.9 Å². The molecule has 0 spiro atoms. The lowest BCUT2D eigenvalue weighted by atomic mass is 9.96. The van der Waals surface area contributed by atoms with Crippen LogP contribution in [0.1, 0.15) is 58.3 Å². The molecule has 1 rings (SSSR count). The van der Waals surface area contributed by atoms with E-state index in [0.717, 1.165) is 32.4 Å². The second-order valence-corrected chi connectivity index (χ2v) is 5.21. The third-order valence-corrected chi connectivity index (χ3v) is 3.69. The van der Waals surface area contributed by atoms with Crippen LogP contribution in [-0.2, 0) is 9.59 Å². The Morgan fingerprint density at radius 2 is 2.17 bits per heavy atom. The molecule has 0 aromatic carbocycles. The SMILES string of the molecule is CCCC1CCC(=O)N(CCCCC(=O)O)CC1. The van der Waals surface area contributed by atoms with Gasteiger partial charge in [-0.3, -0.25) is 9.59 Å². The first kappa shape index (κ1) is 15.0. The van der Waals surface area contributed by atoms with Crippen LogP contribution in [0.25, 0.3) is 0 Å². The average Bonchev–Trinajstić information content (AvgIpc) is 2.49. The Labute approximate surface area is 109 Å². The summed E-state index contributed by atoms with van der Waals surface area (Å²) in [6.45, 7) is 3.78. The lowest BCUT2D eigenvalue weighted by Gasteiger charge is -2.20. The molecule has 1 N–H and O–H groups in total. The molecule has 4 heteroatoms. The Balaban J connectivity index is 2.27. The quantitative estimate of drug-likeness (QED) is 0.711. The Morgan fingerprint density at radius 1 is 1.39 bits per heavy atom. The van der Waals surface area contributed by atoms with Crippen molar-refractivity contribution in [3.8, 4) is 0 Å². The number of hydrogen-bond acceptors (Lipinski definition) is 2. The molecule has 0 saturated carbocycles. The number of unbranched alkanes of at least 4 members (excludes halogenated alkanes) is 1. The molecule has 1 heterocycles. The molecule has 0 aromatic heterocycles. The van der Waals surface area contributed by atoms with Crippen LogP contribution < -0.4 is 0 Å². The number of rotatable bonds is 7. The van der Waals surface area contributed by atoms with Gasteiger partial charge in [-0.15, -0.1) is 0 Å². The number of carboxylic acids is 1. The van der Waals surface area contributed by atoms with E-state index in [1.807, 2.05) is 4.90 Å². The predicted molar refractivity (Wildman–Crippen MR) is 70.3 cm³/mol. The van der Waals surface area contributed by atoms with Gasteiger partial charge in [-0.1, -0.05) is 19.8 Å². The van der Waals surface area contributed by atoms with Gasteiger partial charge in [-0.2, -0.15) is 0 Å². The molecule has 0 aromatic rings. The molecule has 1 aliphatic heterocycles. The number of carboxylic acid groups (broad SMARTS) is 1. The van der Waals surface area contributed by atoms with Crippen LogP contribution >= 0.6 is 0 Å². The van der Waals surface area contributed by atoms with Crippen molar-refractivity contribution in [2.24, 2.45) is 5.92 Å². The highest BCUT2D eigenvalue weighted by Gasteiger charge is 2.21. The van der Waals surface area contributed by atoms with Crippen molar-refractivity contribution in [3.05, 3.63) is 0 Å². The molecule has 1 unspecified atom stereocenters. The molecular weight excluding hydrogens is 230 g/mol. The summed E-state index contributed by atoms with van der Waals surface area (Å²) in [5.74, 6) is 0.201. The zero-order chi connectivity index (χ0) is 13.4. The molecule has 18 heavy (non-hydrogen) atoms. The van der Waals surface area contributed by atoms with E-state index in [9.17, 15) is 9.59 Å². The number of likely N-dealkylation sites (tertiary alicyclic amines) is 1. The highest BCUT2D eigenvalue weighted by molar-refractivity contribution is 5.76. The average molecular weight is 255 g/mol. The zero-order valence-corrected chi connectivity index (χ0v) is 11.4. The molecule has 0 bridgehead atoms. The molecule has 104 valence electrons. The minimum absolute atomic E-state index is 0.209.